The van der Waals surface area contributed by atoms with Crippen LogP contribution in [0.1, 0.15) is 18.9 Å². The largest absolute Gasteiger partial charge is 0.331 e. The second kappa shape index (κ2) is 5.46. The minimum atomic E-state index is -0.549. The van der Waals surface area contributed by atoms with Crippen LogP contribution in [0.15, 0.2) is 30.6 Å². The van der Waals surface area contributed by atoms with Crippen LogP contribution in [0.5, 0.6) is 0 Å². The molecule has 2 aromatic rings. The molecule has 94 valence electrons. The van der Waals surface area contributed by atoms with E-state index in [0.717, 1.165) is 29.6 Å². The Kier molecular flexibility index (Phi) is 3.74. The van der Waals surface area contributed by atoms with E-state index in [0.29, 0.717) is 0 Å². The van der Waals surface area contributed by atoms with E-state index in [9.17, 15) is 4.79 Å². The summed E-state index contributed by atoms with van der Waals surface area (Å²) in [4.78, 5) is 15.2. The van der Waals surface area contributed by atoms with Crippen molar-refractivity contribution in [3.05, 3.63) is 36.2 Å². The Bertz CT molecular complexity index is 587. The van der Waals surface area contributed by atoms with E-state index in [1.165, 1.54) is 6.08 Å². The van der Waals surface area contributed by atoms with E-state index in [1.807, 2.05) is 24.5 Å². The number of carbonyl (C=O) groups is 1. The lowest BCUT2D eigenvalue weighted by Gasteiger charge is -2.01. The summed E-state index contributed by atoms with van der Waals surface area (Å²) >= 11 is 0. The van der Waals surface area contributed by atoms with Gasteiger partial charge in [0.25, 0.3) is 5.91 Å². The minimum Gasteiger partial charge on any atom is -0.331 e. The van der Waals surface area contributed by atoms with Gasteiger partial charge >= 0.3 is 0 Å². The maximum atomic E-state index is 10.9. The van der Waals surface area contributed by atoms with Crippen molar-refractivity contribution in [2.45, 2.75) is 19.9 Å². The highest BCUT2D eigenvalue weighted by Crippen LogP contribution is 2.16. The predicted octanol–water partition coefficient (Wildman–Crippen LogP) is 1.96. The molecule has 1 amide bonds. The number of benzene rings is 1. The quantitative estimate of drug-likeness (QED) is 0.491. The van der Waals surface area contributed by atoms with Gasteiger partial charge in [0.1, 0.15) is 0 Å². The van der Waals surface area contributed by atoms with E-state index >= 15 is 0 Å². The average molecular weight is 245 g/mol. The summed E-state index contributed by atoms with van der Waals surface area (Å²) in [5.41, 5.74) is 4.40. The number of fused-ring (bicyclic) bond motifs is 1. The minimum absolute atomic E-state index is 0.549. The first-order chi connectivity index (χ1) is 8.74. The molecule has 0 bridgehead atoms. The van der Waals surface area contributed by atoms with Gasteiger partial charge in [0.2, 0.25) is 0 Å². The Morgan fingerprint density at radius 2 is 2.39 bits per heavy atom. The highest BCUT2D eigenvalue weighted by molar-refractivity contribution is 5.91. The third-order valence-corrected chi connectivity index (χ3v) is 2.65. The van der Waals surface area contributed by atoms with E-state index in [4.69, 9.17) is 5.21 Å². The second-order valence-electron chi connectivity index (χ2n) is 4.00. The Hall–Kier alpha value is -2.14. The Labute approximate surface area is 105 Å². The van der Waals surface area contributed by atoms with Crippen molar-refractivity contribution in [1.29, 1.82) is 0 Å². The number of carbonyl (C=O) groups excluding carboxylic acids is 1. The van der Waals surface area contributed by atoms with Crippen LogP contribution in [0.2, 0.25) is 0 Å². The number of hydrogen-bond acceptors (Lipinski definition) is 3. The number of nitrogens with one attached hydrogen (secondary N) is 1. The van der Waals surface area contributed by atoms with Gasteiger partial charge in [0.15, 0.2) is 0 Å². The molecule has 2 rings (SSSR count). The molecule has 0 atom stereocenters. The fraction of sp³-hybridized carbons (Fsp3) is 0.231. The van der Waals surface area contributed by atoms with Crippen molar-refractivity contribution < 1.29 is 10.0 Å². The number of imidazole rings is 1. The summed E-state index contributed by atoms with van der Waals surface area (Å²) in [7, 11) is 0. The highest BCUT2D eigenvalue weighted by Gasteiger charge is 2.02. The number of aryl methyl sites for hydroxylation is 1. The second-order valence-corrected chi connectivity index (χ2v) is 4.00. The van der Waals surface area contributed by atoms with Crippen LogP contribution >= 0.6 is 0 Å². The van der Waals surface area contributed by atoms with E-state index in [-0.39, 0.29) is 0 Å². The van der Waals surface area contributed by atoms with E-state index in [1.54, 1.807) is 11.6 Å². The fourth-order valence-corrected chi connectivity index (χ4v) is 1.81. The van der Waals surface area contributed by atoms with Gasteiger partial charge in [-0.1, -0.05) is 13.0 Å². The third kappa shape index (κ3) is 2.57. The molecule has 2 N–H and O–H groups in total. The number of hydrogen-bond donors (Lipinski definition) is 2. The lowest BCUT2D eigenvalue weighted by Crippen LogP contribution is -2.14. The van der Waals surface area contributed by atoms with Crippen molar-refractivity contribution in [1.82, 2.24) is 15.0 Å². The smallest absolute Gasteiger partial charge is 0.267 e. The van der Waals surface area contributed by atoms with Crippen LogP contribution in [0.3, 0.4) is 0 Å². The lowest BCUT2D eigenvalue weighted by molar-refractivity contribution is -0.124. The first kappa shape index (κ1) is 12.3. The van der Waals surface area contributed by atoms with E-state index < -0.39 is 5.91 Å². The van der Waals surface area contributed by atoms with Crippen molar-refractivity contribution in [2.24, 2.45) is 0 Å². The molecule has 1 aromatic carbocycles. The molecule has 5 heteroatoms. The van der Waals surface area contributed by atoms with Crippen molar-refractivity contribution in [3.8, 4) is 0 Å². The average Bonchev–Trinajstić information content (AvgIpc) is 2.79. The molecule has 1 aromatic heterocycles. The number of nitrogens with zero attached hydrogens (tertiary/aromatic N) is 2. The Morgan fingerprint density at radius 1 is 1.56 bits per heavy atom. The summed E-state index contributed by atoms with van der Waals surface area (Å²) < 4.78 is 2.10. The summed E-state index contributed by atoms with van der Waals surface area (Å²) in [5, 5.41) is 8.38. The lowest BCUT2D eigenvalue weighted by atomic mass is 10.2. The molecule has 0 aliphatic carbocycles. The van der Waals surface area contributed by atoms with Gasteiger partial charge in [-0.2, -0.15) is 0 Å². The van der Waals surface area contributed by atoms with E-state index in [2.05, 4.69) is 16.5 Å². The van der Waals surface area contributed by atoms with Gasteiger partial charge in [-0.3, -0.25) is 10.0 Å². The van der Waals surface area contributed by atoms with Gasteiger partial charge in [-0.05, 0) is 30.2 Å². The van der Waals surface area contributed by atoms with Gasteiger partial charge in [0, 0.05) is 12.6 Å². The molecule has 0 aliphatic heterocycles. The molecule has 0 aliphatic rings. The Balaban J connectivity index is 2.28. The van der Waals surface area contributed by atoms with Gasteiger partial charge < -0.3 is 4.57 Å². The highest BCUT2D eigenvalue weighted by atomic mass is 16.5. The molecular formula is C13H15N3O2. The maximum Gasteiger partial charge on any atom is 0.267 e. The molecule has 0 spiro atoms. The van der Waals surface area contributed by atoms with Crippen LogP contribution in [-0.4, -0.2) is 20.7 Å². The molecule has 0 fully saturated rings. The van der Waals surface area contributed by atoms with Crippen molar-refractivity contribution >= 4 is 23.0 Å². The van der Waals surface area contributed by atoms with Gasteiger partial charge in [-0.25, -0.2) is 10.5 Å². The van der Waals surface area contributed by atoms with Crippen LogP contribution in [0.4, 0.5) is 0 Å². The zero-order valence-corrected chi connectivity index (χ0v) is 10.1. The van der Waals surface area contributed by atoms with Gasteiger partial charge in [-0.15, -0.1) is 0 Å². The fourth-order valence-electron chi connectivity index (χ4n) is 1.81. The molecular weight excluding hydrogens is 230 g/mol. The molecule has 18 heavy (non-hydrogen) atoms. The molecule has 0 radical (unpaired) electrons. The molecule has 1 heterocycles. The van der Waals surface area contributed by atoms with Gasteiger partial charge in [0.05, 0.1) is 17.4 Å². The zero-order valence-electron chi connectivity index (χ0n) is 10.1. The summed E-state index contributed by atoms with van der Waals surface area (Å²) in [6.45, 7) is 3.06. The molecule has 0 saturated carbocycles. The number of aromatic nitrogens is 2. The van der Waals surface area contributed by atoms with Crippen LogP contribution in [0, 0.1) is 0 Å². The number of hydroxylamine groups is 1. The van der Waals surface area contributed by atoms with Crippen LogP contribution in [0.25, 0.3) is 17.1 Å². The third-order valence-electron chi connectivity index (χ3n) is 2.65. The first-order valence-electron chi connectivity index (χ1n) is 5.81. The van der Waals surface area contributed by atoms with Crippen molar-refractivity contribution in [3.63, 3.8) is 0 Å². The summed E-state index contributed by atoms with van der Waals surface area (Å²) in [5.74, 6) is -0.549. The molecule has 0 unspecified atom stereocenters. The monoisotopic (exact) mass is 245 g/mol. The topological polar surface area (TPSA) is 67.2 Å². The standard InChI is InChI=1S/C13H15N3O2/c1-2-7-16-9-14-11-8-10(3-5-12(11)16)4-6-13(17)15-18/h3-6,8-9,18H,2,7H2,1H3,(H,15,17)/b6-4+. The molecule has 5 nitrogen and oxygen atoms in total. The molecule has 0 saturated heterocycles. The normalized spacial score (nSPS) is 11.2. The van der Waals surface area contributed by atoms with Crippen LogP contribution in [-0.2, 0) is 11.3 Å². The first-order valence-corrected chi connectivity index (χ1v) is 5.81. The van der Waals surface area contributed by atoms with Crippen molar-refractivity contribution in [2.75, 3.05) is 0 Å². The van der Waals surface area contributed by atoms with Crippen LogP contribution < -0.4 is 5.48 Å². The summed E-state index contributed by atoms with van der Waals surface area (Å²) in [6.07, 6.45) is 5.78. The maximum absolute atomic E-state index is 10.9. The Morgan fingerprint density at radius 3 is 3.11 bits per heavy atom. The SMILES string of the molecule is CCCn1cnc2cc(/C=C/C(=O)NO)ccc21. The number of rotatable bonds is 4. The predicted molar refractivity (Wildman–Crippen MR) is 69.0 cm³/mol. The summed E-state index contributed by atoms with van der Waals surface area (Å²) in [6, 6.07) is 5.80. The zero-order chi connectivity index (χ0) is 13.0. The number of amides is 1.